The molecule has 2 nitrogen and oxygen atoms in total. The molecule has 0 saturated carbocycles. The normalized spacial score (nSPS) is 25.0. The van der Waals surface area contributed by atoms with Crippen LogP contribution in [0.4, 0.5) is 0 Å². The fourth-order valence-corrected chi connectivity index (χ4v) is 1.47. The van der Waals surface area contributed by atoms with Gasteiger partial charge in [-0.2, -0.15) is 0 Å². The van der Waals surface area contributed by atoms with Gasteiger partial charge in [-0.05, 0) is 49.3 Å². The highest BCUT2D eigenvalue weighted by molar-refractivity contribution is 5.43. The molecule has 0 aliphatic carbocycles. The van der Waals surface area contributed by atoms with Crippen molar-refractivity contribution < 1.29 is 0 Å². The Morgan fingerprint density at radius 1 is 0.786 bits per heavy atom. The third kappa shape index (κ3) is 1.79. The average molecular weight is 186 g/mol. The summed E-state index contributed by atoms with van der Waals surface area (Å²) >= 11 is 0. The number of allylic oxidation sites excluding steroid dienone is 6. The lowest BCUT2D eigenvalue weighted by Crippen LogP contribution is -2.17. The van der Waals surface area contributed by atoms with Crippen molar-refractivity contribution in [3.63, 3.8) is 0 Å². The van der Waals surface area contributed by atoms with Gasteiger partial charge in [0.05, 0.1) is 11.4 Å². The molecule has 0 spiro atoms. The van der Waals surface area contributed by atoms with E-state index < -0.39 is 0 Å². The minimum Gasteiger partial charge on any atom is -0.360 e. The lowest BCUT2D eigenvalue weighted by molar-refractivity contribution is 0.973. The maximum absolute atomic E-state index is 3.22. The third-order valence-corrected chi connectivity index (χ3v) is 2.20. The highest BCUT2D eigenvalue weighted by Gasteiger charge is 2.05. The van der Waals surface area contributed by atoms with Gasteiger partial charge in [-0.1, -0.05) is 0 Å². The van der Waals surface area contributed by atoms with Crippen molar-refractivity contribution in [3.05, 3.63) is 59.2 Å². The highest BCUT2D eigenvalue weighted by atomic mass is 14.9. The summed E-state index contributed by atoms with van der Waals surface area (Å²) in [6.45, 7) is 4.18. The van der Waals surface area contributed by atoms with Crippen LogP contribution >= 0.6 is 0 Å². The van der Waals surface area contributed by atoms with Crippen LogP contribution in [0.1, 0.15) is 13.8 Å². The molecule has 0 bridgehead atoms. The molecular formula is C12H14N2. The molecular weight excluding hydrogens is 172 g/mol. The van der Waals surface area contributed by atoms with Crippen molar-refractivity contribution >= 4 is 0 Å². The predicted octanol–water partition coefficient (Wildman–Crippen LogP) is 2.32. The van der Waals surface area contributed by atoms with Gasteiger partial charge in [0.2, 0.25) is 0 Å². The Labute approximate surface area is 84.4 Å². The molecule has 2 N–H and O–H groups in total. The van der Waals surface area contributed by atoms with Gasteiger partial charge in [0.25, 0.3) is 0 Å². The maximum Gasteiger partial charge on any atom is 0.0621 e. The maximum atomic E-state index is 3.22. The summed E-state index contributed by atoms with van der Waals surface area (Å²) in [5.41, 5.74) is 4.75. The molecule has 2 aliphatic heterocycles. The minimum absolute atomic E-state index is 1.12. The highest BCUT2D eigenvalue weighted by Crippen LogP contribution is 2.14. The average Bonchev–Trinajstić information content (AvgIpc) is 2.18. The topological polar surface area (TPSA) is 24.1 Å². The first kappa shape index (κ1) is 8.88. The summed E-state index contributed by atoms with van der Waals surface area (Å²) in [6, 6.07) is 0. The summed E-state index contributed by atoms with van der Waals surface area (Å²) in [5, 5.41) is 6.44. The monoisotopic (exact) mass is 186 g/mol. The van der Waals surface area contributed by atoms with E-state index in [1.165, 1.54) is 11.1 Å². The molecule has 0 aromatic rings. The number of nitrogens with one attached hydrogen (secondary N) is 2. The van der Waals surface area contributed by atoms with Gasteiger partial charge in [0.15, 0.2) is 0 Å². The largest absolute Gasteiger partial charge is 0.360 e. The van der Waals surface area contributed by atoms with Crippen LogP contribution in [-0.2, 0) is 0 Å². The van der Waals surface area contributed by atoms with Crippen LogP contribution in [0.25, 0.3) is 0 Å². The molecule has 0 amide bonds. The van der Waals surface area contributed by atoms with E-state index in [9.17, 15) is 0 Å². The van der Waals surface area contributed by atoms with E-state index in [0.717, 1.165) is 11.4 Å². The van der Waals surface area contributed by atoms with Crippen LogP contribution in [0.15, 0.2) is 59.2 Å². The van der Waals surface area contributed by atoms with Gasteiger partial charge in [-0.15, -0.1) is 0 Å². The van der Waals surface area contributed by atoms with Crippen molar-refractivity contribution in [1.82, 2.24) is 10.6 Å². The first-order valence-electron chi connectivity index (χ1n) is 4.73. The van der Waals surface area contributed by atoms with Crippen LogP contribution in [-0.4, -0.2) is 0 Å². The lowest BCUT2D eigenvalue weighted by atomic mass is 10.1. The Morgan fingerprint density at radius 2 is 1.21 bits per heavy atom. The van der Waals surface area contributed by atoms with Gasteiger partial charge < -0.3 is 10.6 Å². The summed E-state index contributed by atoms with van der Waals surface area (Å²) in [5.74, 6) is 0. The first-order chi connectivity index (χ1) is 6.75. The van der Waals surface area contributed by atoms with E-state index in [1.54, 1.807) is 0 Å². The Bertz CT molecular complexity index is 355. The molecule has 2 heterocycles. The fourth-order valence-electron chi connectivity index (χ4n) is 1.47. The lowest BCUT2D eigenvalue weighted by Gasteiger charge is -2.16. The standard InChI is InChI=1S/C12H14N2/c1-9-3-5-13-11(7-9)12-8-10(2)4-6-14-12/h3-8,13-14H,1-2H3. The van der Waals surface area contributed by atoms with Gasteiger partial charge in [-0.25, -0.2) is 0 Å². The number of hydrogen-bond donors (Lipinski definition) is 2. The van der Waals surface area contributed by atoms with Crippen LogP contribution in [0.3, 0.4) is 0 Å². The van der Waals surface area contributed by atoms with Gasteiger partial charge in [0, 0.05) is 12.4 Å². The SMILES string of the molecule is CC1=CC(=C2C=C(C)C=CN2)NC=C1. The Kier molecular flexibility index (Phi) is 2.27. The van der Waals surface area contributed by atoms with Gasteiger partial charge in [-0.3, -0.25) is 0 Å². The molecule has 2 heteroatoms. The molecule has 0 radical (unpaired) electrons. The van der Waals surface area contributed by atoms with Crippen molar-refractivity contribution in [2.24, 2.45) is 0 Å². The summed E-state index contributed by atoms with van der Waals surface area (Å²) in [4.78, 5) is 0. The summed E-state index contributed by atoms with van der Waals surface area (Å²) in [6.07, 6.45) is 12.3. The first-order valence-corrected chi connectivity index (χ1v) is 4.73. The van der Waals surface area contributed by atoms with E-state index in [4.69, 9.17) is 0 Å². The Hall–Kier alpha value is -1.70. The van der Waals surface area contributed by atoms with E-state index in [2.05, 4.69) is 48.8 Å². The second-order valence-corrected chi connectivity index (χ2v) is 3.56. The molecule has 72 valence electrons. The third-order valence-electron chi connectivity index (χ3n) is 2.20. The quantitative estimate of drug-likeness (QED) is 0.606. The molecule has 0 atom stereocenters. The van der Waals surface area contributed by atoms with Crippen LogP contribution in [0.5, 0.6) is 0 Å². The van der Waals surface area contributed by atoms with Crippen molar-refractivity contribution in [2.45, 2.75) is 13.8 Å². The minimum atomic E-state index is 1.12. The molecule has 14 heavy (non-hydrogen) atoms. The van der Waals surface area contributed by atoms with E-state index in [1.807, 2.05) is 12.4 Å². The Morgan fingerprint density at radius 3 is 1.57 bits per heavy atom. The van der Waals surface area contributed by atoms with Crippen LogP contribution < -0.4 is 10.6 Å². The zero-order valence-corrected chi connectivity index (χ0v) is 8.46. The number of rotatable bonds is 0. The Balaban J connectivity index is 2.34. The van der Waals surface area contributed by atoms with Crippen molar-refractivity contribution in [2.75, 3.05) is 0 Å². The molecule has 0 saturated heterocycles. The second kappa shape index (κ2) is 3.58. The van der Waals surface area contributed by atoms with E-state index in [-0.39, 0.29) is 0 Å². The number of hydrogen-bond acceptors (Lipinski definition) is 2. The molecule has 0 fully saturated rings. The van der Waals surface area contributed by atoms with Gasteiger partial charge in [0.1, 0.15) is 0 Å². The fraction of sp³-hybridized carbons (Fsp3) is 0.167. The predicted molar refractivity (Wildman–Crippen MR) is 59.1 cm³/mol. The van der Waals surface area contributed by atoms with E-state index >= 15 is 0 Å². The summed E-state index contributed by atoms with van der Waals surface area (Å²) in [7, 11) is 0. The smallest absolute Gasteiger partial charge is 0.0621 e. The van der Waals surface area contributed by atoms with E-state index in [0.29, 0.717) is 0 Å². The zero-order valence-electron chi connectivity index (χ0n) is 8.46. The second-order valence-electron chi connectivity index (χ2n) is 3.56. The van der Waals surface area contributed by atoms with Gasteiger partial charge >= 0.3 is 0 Å². The van der Waals surface area contributed by atoms with Crippen LogP contribution in [0.2, 0.25) is 0 Å². The molecule has 0 unspecified atom stereocenters. The van der Waals surface area contributed by atoms with Crippen molar-refractivity contribution in [1.29, 1.82) is 0 Å². The van der Waals surface area contributed by atoms with Crippen molar-refractivity contribution in [3.8, 4) is 0 Å². The number of dihydropyridines is 2. The molecule has 2 rings (SSSR count). The molecule has 0 aromatic carbocycles. The molecule has 2 aliphatic rings. The van der Waals surface area contributed by atoms with Crippen LogP contribution in [0, 0.1) is 0 Å². The molecule has 0 aromatic heterocycles. The zero-order chi connectivity index (χ0) is 9.97. The summed E-state index contributed by atoms with van der Waals surface area (Å²) < 4.78 is 0.